The number of nitrogens with one attached hydrogen (secondary N) is 1. The van der Waals surface area contributed by atoms with E-state index in [2.05, 4.69) is 5.32 Å². The fraction of sp³-hybridized carbons (Fsp3) is 0.182. The SMILES string of the molecule is COc1ccc(C(C)=O)cc1CC(=O)N[C@@H](c1ccc(F)cc1)c1cccs1. The van der Waals surface area contributed by atoms with Gasteiger partial charge < -0.3 is 10.1 Å². The molecule has 6 heteroatoms. The molecule has 0 aliphatic carbocycles. The summed E-state index contributed by atoms with van der Waals surface area (Å²) in [5.41, 5.74) is 1.95. The lowest BCUT2D eigenvalue weighted by atomic mass is 10.0. The molecule has 3 aromatic rings. The van der Waals surface area contributed by atoms with Crippen LogP contribution in [0.1, 0.15) is 39.3 Å². The highest BCUT2D eigenvalue weighted by atomic mass is 32.1. The number of methoxy groups -OCH3 is 1. The van der Waals surface area contributed by atoms with Crippen molar-refractivity contribution in [3.8, 4) is 5.75 Å². The minimum Gasteiger partial charge on any atom is -0.496 e. The van der Waals surface area contributed by atoms with Gasteiger partial charge in [-0.05, 0) is 54.3 Å². The third kappa shape index (κ3) is 4.64. The fourth-order valence-electron chi connectivity index (χ4n) is 2.95. The van der Waals surface area contributed by atoms with Gasteiger partial charge in [-0.1, -0.05) is 18.2 Å². The van der Waals surface area contributed by atoms with Gasteiger partial charge in [-0.3, -0.25) is 9.59 Å². The summed E-state index contributed by atoms with van der Waals surface area (Å²) >= 11 is 1.51. The van der Waals surface area contributed by atoms with Gasteiger partial charge in [-0.15, -0.1) is 11.3 Å². The number of hydrogen-bond acceptors (Lipinski definition) is 4. The highest BCUT2D eigenvalue weighted by Gasteiger charge is 2.19. The van der Waals surface area contributed by atoms with Crippen LogP contribution in [0.5, 0.6) is 5.75 Å². The number of rotatable bonds is 7. The first-order chi connectivity index (χ1) is 13.5. The van der Waals surface area contributed by atoms with Crippen LogP contribution in [0, 0.1) is 5.82 Å². The molecule has 2 aromatic carbocycles. The molecule has 1 N–H and O–H groups in total. The Morgan fingerprint density at radius 3 is 2.50 bits per heavy atom. The zero-order chi connectivity index (χ0) is 20.1. The van der Waals surface area contributed by atoms with Crippen LogP contribution in [-0.2, 0) is 11.2 Å². The van der Waals surface area contributed by atoms with E-state index in [1.54, 1.807) is 30.3 Å². The normalized spacial score (nSPS) is 11.7. The summed E-state index contributed by atoms with van der Waals surface area (Å²) in [5, 5.41) is 4.94. The summed E-state index contributed by atoms with van der Waals surface area (Å²) in [6.45, 7) is 1.48. The molecular formula is C22H20FNO3S. The lowest BCUT2D eigenvalue weighted by molar-refractivity contribution is -0.120. The molecule has 4 nitrogen and oxygen atoms in total. The van der Waals surface area contributed by atoms with E-state index in [1.807, 2.05) is 17.5 Å². The summed E-state index contributed by atoms with van der Waals surface area (Å²) < 4.78 is 18.6. The van der Waals surface area contributed by atoms with Gasteiger partial charge >= 0.3 is 0 Å². The molecule has 0 bridgehead atoms. The van der Waals surface area contributed by atoms with Crippen LogP contribution in [0.15, 0.2) is 60.0 Å². The Morgan fingerprint density at radius 2 is 1.89 bits per heavy atom. The van der Waals surface area contributed by atoms with E-state index < -0.39 is 0 Å². The maximum atomic E-state index is 13.3. The molecule has 0 aliphatic heterocycles. The standard InChI is InChI=1S/C22H20FNO3S/c1-14(25)16-7-10-19(27-2)17(12-16)13-21(26)24-22(20-4-3-11-28-20)15-5-8-18(23)9-6-15/h3-12,22H,13H2,1-2H3,(H,24,26)/t22-/m0/s1. The Balaban J connectivity index is 1.84. The van der Waals surface area contributed by atoms with Crippen LogP contribution >= 0.6 is 11.3 Å². The zero-order valence-corrected chi connectivity index (χ0v) is 16.4. The van der Waals surface area contributed by atoms with Gasteiger partial charge in [0.05, 0.1) is 19.6 Å². The molecule has 1 atom stereocenters. The van der Waals surface area contributed by atoms with Crippen LogP contribution in [0.4, 0.5) is 4.39 Å². The molecule has 0 saturated carbocycles. The molecule has 28 heavy (non-hydrogen) atoms. The summed E-state index contributed by atoms with van der Waals surface area (Å²) in [4.78, 5) is 25.4. The minimum absolute atomic E-state index is 0.0629. The smallest absolute Gasteiger partial charge is 0.225 e. The average Bonchev–Trinajstić information content (AvgIpc) is 3.21. The van der Waals surface area contributed by atoms with Crippen molar-refractivity contribution in [3.05, 3.63) is 87.4 Å². The lowest BCUT2D eigenvalue weighted by Gasteiger charge is -2.19. The Labute approximate surface area is 167 Å². The van der Waals surface area contributed by atoms with Crippen molar-refractivity contribution in [3.63, 3.8) is 0 Å². The summed E-state index contributed by atoms with van der Waals surface area (Å²) in [7, 11) is 1.52. The van der Waals surface area contributed by atoms with Crippen molar-refractivity contribution in [1.82, 2.24) is 5.32 Å². The molecule has 144 valence electrons. The van der Waals surface area contributed by atoms with Crippen molar-refractivity contribution in [2.45, 2.75) is 19.4 Å². The Bertz CT molecular complexity index is 968. The van der Waals surface area contributed by atoms with Crippen LogP contribution < -0.4 is 10.1 Å². The molecule has 1 amide bonds. The second kappa shape index (κ2) is 8.80. The van der Waals surface area contributed by atoms with Crippen molar-refractivity contribution in [2.75, 3.05) is 7.11 Å². The van der Waals surface area contributed by atoms with Crippen molar-refractivity contribution < 1.29 is 18.7 Å². The summed E-state index contributed by atoms with van der Waals surface area (Å²) in [6, 6.07) is 14.6. The first-order valence-corrected chi connectivity index (χ1v) is 9.62. The average molecular weight is 397 g/mol. The van der Waals surface area contributed by atoms with Gasteiger partial charge in [0, 0.05) is 16.0 Å². The number of benzene rings is 2. The number of ether oxygens (including phenoxy) is 1. The van der Waals surface area contributed by atoms with Gasteiger partial charge in [0.15, 0.2) is 5.78 Å². The van der Waals surface area contributed by atoms with Gasteiger partial charge in [0.1, 0.15) is 11.6 Å². The number of carbonyl (C=O) groups excluding carboxylic acids is 2. The van der Waals surface area contributed by atoms with E-state index in [0.29, 0.717) is 16.9 Å². The number of amides is 1. The molecule has 3 rings (SSSR count). The lowest BCUT2D eigenvalue weighted by Crippen LogP contribution is -2.30. The van der Waals surface area contributed by atoms with E-state index in [0.717, 1.165) is 10.4 Å². The molecule has 0 saturated heterocycles. The maximum absolute atomic E-state index is 13.3. The van der Waals surface area contributed by atoms with E-state index >= 15 is 0 Å². The van der Waals surface area contributed by atoms with Gasteiger partial charge in [0.25, 0.3) is 0 Å². The van der Waals surface area contributed by atoms with E-state index in [-0.39, 0.29) is 30.0 Å². The van der Waals surface area contributed by atoms with Crippen LogP contribution in [0.3, 0.4) is 0 Å². The first-order valence-electron chi connectivity index (χ1n) is 8.74. The third-order valence-corrected chi connectivity index (χ3v) is 5.31. The number of ketones is 1. The van der Waals surface area contributed by atoms with Crippen LogP contribution in [0.25, 0.3) is 0 Å². The summed E-state index contributed by atoms with van der Waals surface area (Å²) in [5.74, 6) is -0.0748. The monoisotopic (exact) mass is 397 g/mol. The number of hydrogen-bond donors (Lipinski definition) is 1. The van der Waals surface area contributed by atoms with Crippen LogP contribution in [0.2, 0.25) is 0 Å². The van der Waals surface area contributed by atoms with E-state index in [1.165, 1.54) is 37.5 Å². The summed E-state index contributed by atoms with van der Waals surface area (Å²) in [6.07, 6.45) is 0.0629. The molecule has 0 aliphatic rings. The van der Waals surface area contributed by atoms with Gasteiger partial charge in [-0.2, -0.15) is 0 Å². The molecule has 1 aromatic heterocycles. The van der Waals surface area contributed by atoms with Crippen molar-refractivity contribution in [1.29, 1.82) is 0 Å². The van der Waals surface area contributed by atoms with Crippen LogP contribution in [-0.4, -0.2) is 18.8 Å². The Hall–Kier alpha value is -2.99. The molecule has 0 fully saturated rings. The maximum Gasteiger partial charge on any atom is 0.225 e. The second-order valence-electron chi connectivity index (χ2n) is 6.33. The highest BCUT2D eigenvalue weighted by molar-refractivity contribution is 7.10. The molecule has 1 heterocycles. The molecule has 0 radical (unpaired) electrons. The quantitative estimate of drug-likeness (QED) is 0.595. The number of carbonyl (C=O) groups is 2. The second-order valence-corrected chi connectivity index (χ2v) is 7.31. The van der Waals surface area contributed by atoms with Crippen molar-refractivity contribution >= 4 is 23.0 Å². The third-order valence-electron chi connectivity index (χ3n) is 4.37. The number of halogens is 1. The molecule has 0 spiro atoms. The topological polar surface area (TPSA) is 55.4 Å². The van der Waals surface area contributed by atoms with Crippen molar-refractivity contribution in [2.24, 2.45) is 0 Å². The van der Waals surface area contributed by atoms with E-state index in [9.17, 15) is 14.0 Å². The molecular weight excluding hydrogens is 377 g/mol. The largest absolute Gasteiger partial charge is 0.496 e. The van der Waals surface area contributed by atoms with Gasteiger partial charge in [-0.25, -0.2) is 4.39 Å². The Kier molecular flexibility index (Phi) is 6.21. The predicted octanol–water partition coefficient (Wildman–Crippen LogP) is 4.55. The van der Waals surface area contributed by atoms with Gasteiger partial charge in [0.2, 0.25) is 5.91 Å². The Morgan fingerprint density at radius 1 is 1.14 bits per heavy atom. The van der Waals surface area contributed by atoms with E-state index in [4.69, 9.17) is 4.74 Å². The minimum atomic E-state index is -0.380. The predicted molar refractivity (Wildman–Crippen MR) is 107 cm³/mol. The highest BCUT2D eigenvalue weighted by Crippen LogP contribution is 2.27. The number of thiophene rings is 1. The molecule has 0 unspecified atom stereocenters. The fourth-order valence-corrected chi connectivity index (χ4v) is 3.75. The zero-order valence-electron chi connectivity index (χ0n) is 15.6. The first kappa shape index (κ1) is 19.8. The number of Topliss-reactive ketones (excluding diaryl/α,β-unsaturated/α-hetero) is 1.